The molecule has 0 aliphatic rings. The third-order valence-electron chi connectivity index (χ3n) is 3.91. The maximum Gasteiger partial charge on any atom is 0.260 e. The summed E-state index contributed by atoms with van der Waals surface area (Å²) in [6.45, 7) is 3.78. The number of hydrogen-bond acceptors (Lipinski definition) is 4. The van der Waals surface area contributed by atoms with Crippen molar-refractivity contribution in [1.82, 2.24) is 20.6 Å². The minimum absolute atomic E-state index is 0.0476. The van der Waals surface area contributed by atoms with Gasteiger partial charge in [-0.1, -0.05) is 35.9 Å². The Morgan fingerprint density at radius 1 is 1.11 bits per heavy atom. The Morgan fingerprint density at radius 3 is 2.52 bits per heavy atom. The number of rotatable bonds is 5. The van der Waals surface area contributed by atoms with Gasteiger partial charge in [-0.05, 0) is 37.4 Å². The molecule has 0 bridgehead atoms. The van der Waals surface area contributed by atoms with Crippen LogP contribution in [-0.4, -0.2) is 27.3 Å². The molecule has 0 saturated heterocycles. The van der Waals surface area contributed by atoms with Gasteiger partial charge in [-0.15, -0.1) is 11.8 Å². The highest BCUT2D eigenvalue weighted by atomic mass is 35.5. The predicted octanol–water partition coefficient (Wildman–Crippen LogP) is 3.25. The van der Waals surface area contributed by atoms with E-state index >= 15 is 0 Å². The van der Waals surface area contributed by atoms with E-state index in [1.165, 1.54) is 11.8 Å². The Kier molecular flexibility index (Phi) is 6.03. The minimum Gasteiger partial charge on any atom is -0.272 e. The molecule has 3 aromatic rings. The average Bonchev–Trinajstić information content (AvgIpc) is 2.95. The summed E-state index contributed by atoms with van der Waals surface area (Å²) in [4.78, 5) is 24.9. The smallest absolute Gasteiger partial charge is 0.260 e. The van der Waals surface area contributed by atoms with E-state index in [-0.39, 0.29) is 24.1 Å². The number of carbonyl (C=O) groups is 2. The number of hydrazine groups is 1. The summed E-state index contributed by atoms with van der Waals surface area (Å²) in [5.41, 5.74) is 6.57. The lowest BCUT2D eigenvalue weighted by Crippen LogP contribution is -2.44. The summed E-state index contributed by atoms with van der Waals surface area (Å²) >= 11 is 7.66. The van der Waals surface area contributed by atoms with Crippen LogP contribution >= 0.6 is 23.4 Å². The van der Waals surface area contributed by atoms with Crippen molar-refractivity contribution in [2.75, 3.05) is 5.75 Å². The Morgan fingerprint density at radius 2 is 1.81 bits per heavy atom. The number of aromatic nitrogens is 2. The second-order valence-corrected chi connectivity index (χ2v) is 7.49. The number of nitrogens with one attached hydrogen (secondary N) is 2. The third kappa shape index (κ3) is 4.81. The first kappa shape index (κ1) is 19.3. The van der Waals surface area contributed by atoms with E-state index in [9.17, 15) is 9.59 Å². The fraction of sp³-hybridized carbons (Fsp3) is 0.211. The van der Waals surface area contributed by atoms with Crippen LogP contribution in [0.25, 0.3) is 10.8 Å². The van der Waals surface area contributed by atoms with E-state index in [0.717, 1.165) is 27.1 Å². The van der Waals surface area contributed by atoms with Gasteiger partial charge in [0.2, 0.25) is 5.91 Å². The van der Waals surface area contributed by atoms with Crippen molar-refractivity contribution in [3.05, 3.63) is 58.9 Å². The van der Waals surface area contributed by atoms with Gasteiger partial charge in [-0.25, -0.2) is 0 Å². The molecule has 8 heteroatoms. The fourth-order valence-electron chi connectivity index (χ4n) is 2.71. The molecule has 2 N–H and O–H groups in total. The molecule has 2 amide bonds. The van der Waals surface area contributed by atoms with E-state index in [2.05, 4.69) is 16.0 Å². The van der Waals surface area contributed by atoms with Crippen LogP contribution in [0.4, 0.5) is 0 Å². The number of aryl methyl sites for hydroxylation is 2. The number of fused-ring (bicyclic) bond motifs is 1. The SMILES string of the molecule is Cc1cc(C)n(CC(=O)NNC(=O)CSc2cccc3cccc(Cl)c23)n1. The highest BCUT2D eigenvalue weighted by molar-refractivity contribution is 8.00. The molecule has 0 spiro atoms. The number of carbonyl (C=O) groups excluding carboxylic acids is 2. The molecule has 1 heterocycles. The van der Waals surface area contributed by atoms with Gasteiger partial charge in [0.25, 0.3) is 5.91 Å². The predicted molar refractivity (Wildman–Crippen MR) is 108 cm³/mol. The number of hydrogen-bond donors (Lipinski definition) is 2. The quantitative estimate of drug-likeness (QED) is 0.507. The van der Waals surface area contributed by atoms with Crippen LogP contribution in [0.1, 0.15) is 11.4 Å². The summed E-state index contributed by atoms with van der Waals surface area (Å²) < 4.78 is 1.59. The van der Waals surface area contributed by atoms with Crippen LogP contribution < -0.4 is 10.9 Å². The van der Waals surface area contributed by atoms with E-state index in [1.807, 2.05) is 56.3 Å². The first-order valence-electron chi connectivity index (χ1n) is 8.33. The van der Waals surface area contributed by atoms with Crippen molar-refractivity contribution in [3.8, 4) is 0 Å². The lowest BCUT2D eigenvalue weighted by Gasteiger charge is -2.10. The zero-order valence-corrected chi connectivity index (χ0v) is 16.5. The largest absolute Gasteiger partial charge is 0.272 e. The summed E-state index contributed by atoms with van der Waals surface area (Å²) in [7, 11) is 0. The number of thioether (sulfide) groups is 1. The van der Waals surface area contributed by atoms with E-state index in [0.29, 0.717) is 5.02 Å². The van der Waals surface area contributed by atoms with Gasteiger partial charge in [0.05, 0.1) is 11.4 Å². The summed E-state index contributed by atoms with van der Waals surface area (Å²) in [6, 6.07) is 13.4. The molecule has 0 aliphatic heterocycles. The molecule has 0 radical (unpaired) electrons. The van der Waals surface area contributed by atoms with Gasteiger partial charge < -0.3 is 0 Å². The number of halogens is 1. The molecule has 3 rings (SSSR count). The van der Waals surface area contributed by atoms with E-state index < -0.39 is 0 Å². The molecule has 0 aliphatic carbocycles. The third-order valence-corrected chi connectivity index (χ3v) is 5.29. The number of nitrogens with zero attached hydrogens (tertiary/aromatic N) is 2. The molecule has 27 heavy (non-hydrogen) atoms. The van der Waals surface area contributed by atoms with Gasteiger partial charge in [-0.2, -0.15) is 5.10 Å². The lowest BCUT2D eigenvalue weighted by molar-refractivity contribution is -0.128. The topological polar surface area (TPSA) is 76.0 Å². The molecule has 6 nitrogen and oxygen atoms in total. The monoisotopic (exact) mass is 402 g/mol. The molecule has 0 saturated carbocycles. The van der Waals surface area contributed by atoms with Crippen LogP contribution in [0.5, 0.6) is 0 Å². The van der Waals surface area contributed by atoms with E-state index in [1.54, 1.807) is 4.68 Å². The fourth-order valence-corrected chi connectivity index (χ4v) is 3.96. The van der Waals surface area contributed by atoms with E-state index in [4.69, 9.17) is 11.6 Å². The van der Waals surface area contributed by atoms with Crippen LogP contribution in [-0.2, 0) is 16.1 Å². The lowest BCUT2D eigenvalue weighted by atomic mass is 10.1. The van der Waals surface area contributed by atoms with Gasteiger partial charge >= 0.3 is 0 Å². The Hall–Kier alpha value is -2.51. The van der Waals surface area contributed by atoms with Crippen LogP contribution in [0.3, 0.4) is 0 Å². The zero-order valence-electron chi connectivity index (χ0n) is 15.0. The van der Waals surface area contributed by atoms with Gasteiger partial charge in [-0.3, -0.25) is 25.1 Å². The van der Waals surface area contributed by atoms with Crippen molar-refractivity contribution in [2.24, 2.45) is 0 Å². The van der Waals surface area contributed by atoms with Crippen molar-refractivity contribution in [1.29, 1.82) is 0 Å². The Balaban J connectivity index is 1.53. The first-order chi connectivity index (χ1) is 12.9. The molecule has 140 valence electrons. The van der Waals surface area contributed by atoms with Crippen molar-refractivity contribution in [2.45, 2.75) is 25.3 Å². The standard InChI is InChI=1S/C19H19ClN4O2S/c1-12-9-13(2)24(23-12)10-17(25)21-22-18(26)11-27-16-8-4-6-14-5-3-7-15(20)19(14)16/h3-9H,10-11H2,1-2H3,(H,21,25)(H,22,26). The maximum atomic E-state index is 12.1. The second kappa shape index (κ2) is 8.45. The normalized spacial score (nSPS) is 10.8. The van der Waals surface area contributed by atoms with Gasteiger partial charge in [0.1, 0.15) is 6.54 Å². The summed E-state index contributed by atoms with van der Waals surface area (Å²) in [5, 5.41) is 6.81. The van der Waals surface area contributed by atoms with Crippen molar-refractivity contribution < 1.29 is 9.59 Å². The summed E-state index contributed by atoms with van der Waals surface area (Å²) in [6.07, 6.45) is 0. The molecular weight excluding hydrogens is 384 g/mol. The van der Waals surface area contributed by atoms with Gasteiger partial charge in [0, 0.05) is 21.0 Å². The number of benzene rings is 2. The van der Waals surface area contributed by atoms with Crippen LogP contribution in [0.15, 0.2) is 47.4 Å². The van der Waals surface area contributed by atoms with Crippen molar-refractivity contribution >= 4 is 45.9 Å². The van der Waals surface area contributed by atoms with Crippen LogP contribution in [0, 0.1) is 13.8 Å². The Bertz CT molecular complexity index is 997. The highest BCUT2D eigenvalue weighted by Gasteiger charge is 2.10. The molecule has 0 unspecified atom stereocenters. The summed E-state index contributed by atoms with van der Waals surface area (Å²) in [5.74, 6) is -0.483. The first-order valence-corrected chi connectivity index (χ1v) is 9.69. The Labute approximate surface area is 166 Å². The highest BCUT2D eigenvalue weighted by Crippen LogP contribution is 2.32. The maximum absolute atomic E-state index is 12.1. The molecule has 0 fully saturated rings. The van der Waals surface area contributed by atoms with Crippen LogP contribution in [0.2, 0.25) is 5.02 Å². The molecule has 1 aromatic heterocycles. The zero-order chi connectivity index (χ0) is 19.4. The molecule has 2 aromatic carbocycles. The van der Waals surface area contributed by atoms with Crippen molar-refractivity contribution in [3.63, 3.8) is 0 Å². The van der Waals surface area contributed by atoms with Gasteiger partial charge in [0.15, 0.2) is 0 Å². The molecule has 0 atom stereocenters. The minimum atomic E-state index is -0.340. The number of amides is 2. The molecular formula is C19H19ClN4O2S. The average molecular weight is 403 g/mol. The second-order valence-electron chi connectivity index (χ2n) is 6.06.